The van der Waals surface area contributed by atoms with Crippen molar-refractivity contribution in [1.29, 1.82) is 0 Å². The quantitative estimate of drug-likeness (QED) is 0.142. The summed E-state index contributed by atoms with van der Waals surface area (Å²) in [6.45, 7) is 6.84. The van der Waals surface area contributed by atoms with Crippen molar-refractivity contribution in [2.75, 3.05) is 9.80 Å². The molecule has 0 saturated carbocycles. The van der Waals surface area contributed by atoms with Crippen LogP contribution in [0, 0.1) is 0 Å². The van der Waals surface area contributed by atoms with Crippen LogP contribution in [0.1, 0.15) is 26.3 Å². The van der Waals surface area contributed by atoms with E-state index in [0.29, 0.717) is 0 Å². The minimum absolute atomic E-state index is 0.241. The Hall–Kier alpha value is -12.8. The van der Waals surface area contributed by atoms with Gasteiger partial charge in [0, 0.05) is 66.4 Å². The summed E-state index contributed by atoms with van der Waals surface area (Å²) in [6.07, 6.45) is 0. The molecule has 21 rings (SSSR count). The minimum Gasteiger partial charge on any atom is -0.456 e. The van der Waals surface area contributed by atoms with E-state index in [-0.39, 0.29) is 12.1 Å². The van der Waals surface area contributed by atoms with Crippen molar-refractivity contribution in [3.8, 4) is 55.9 Å². The number of para-hydroxylation sites is 2. The Morgan fingerprint density at radius 1 is 0.257 bits per heavy atom. The van der Waals surface area contributed by atoms with Gasteiger partial charge in [-0.3, -0.25) is 0 Å². The Kier molecular flexibility index (Phi) is 12.4. The number of anilines is 6. The molecular formula is C94H63BN4O2. The summed E-state index contributed by atoms with van der Waals surface area (Å²) in [5, 5.41) is 9.05. The van der Waals surface area contributed by atoms with Crippen molar-refractivity contribution in [2.24, 2.45) is 0 Å². The topological polar surface area (TPSA) is 42.6 Å². The molecule has 0 N–H and O–H groups in total. The van der Waals surface area contributed by atoms with Gasteiger partial charge in [-0.25, -0.2) is 0 Å². The van der Waals surface area contributed by atoms with Crippen LogP contribution in [0.3, 0.4) is 0 Å². The number of aromatic nitrogens is 2. The summed E-state index contributed by atoms with van der Waals surface area (Å²) in [5.74, 6) is 0. The predicted octanol–water partition coefficient (Wildman–Crippen LogP) is 23.7. The van der Waals surface area contributed by atoms with Crippen molar-refractivity contribution in [3.05, 3.63) is 333 Å². The van der Waals surface area contributed by atoms with Crippen molar-refractivity contribution in [3.63, 3.8) is 0 Å². The highest BCUT2D eigenvalue weighted by atomic mass is 16.3. The van der Waals surface area contributed by atoms with E-state index in [9.17, 15) is 0 Å². The molecule has 101 heavy (non-hydrogen) atoms. The highest BCUT2D eigenvalue weighted by Crippen LogP contribution is 2.52. The fraction of sp³-hybridized carbons (Fsp3) is 0.0426. The lowest BCUT2D eigenvalue weighted by Gasteiger charge is -2.45. The van der Waals surface area contributed by atoms with Crippen LogP contribution in [0.25, 0.3) is 143 Å². The average Bonchev–Trinajstić information content (AvgIpc) is 1.09. The van der Waals surface area contributed by atoms with Crippen molar-refractivity contribution in [2.45, 2.75) is 26.2 Å². The van der Waals surface area contributed by atoms with Crippen LogP contribution in [0.5, 0.6) is 0 Å². The molecular weight excluding hydrogens is 1230 g/mol. The van der Waals surface area contributed by atoms with Crippen LogP contribution >= 0.6 is 0 Å². The SMILES string of the molecule is CC(C)(C)c1cc2c3c(c1)N(c1cccc4oc5ccc(-c6ccccc6)cc5c14)c1cc(-n4c5ccccc5c5ccc(-c6ccccc6)cc54)ccc1B3c1ccc(-n3c4ccccc4c4ccc(-c5ccccc5)cc43)cc1N2c1cccc2oc3ccc(-c4ccccc4)cc3c12. The van der Waals surface area contributed by atoms with Crippen LogP contribution in [0.15, 0.2) is 336 Å². The van der Waals surface area contributed by atoms with Crippen LogP contribution in [0.2, 0.25) is 0 Å². The van der Waals surface area contributed by atoms with E-state index < -0.39 is 0 Å². The first-order valence-corrected chi connectivity index (χ1v) is 35.0. The summed E-state index contributed by atoms with van der Waals surface area (Å²) in [6, 6.07) is 121. The molecule has 19 aromatic rings. The van der Waals surface area contributed by atoms with E-state index >= 15 is 0 Å². The van der Waals surface area contributed by atoms with Crippen LogP contribution in [0.4, 0.5) is 34.1 Å². The lowest BCUT2D eigenvalue weighted by molar-refractivity contribution is 0.590. The number of nitrogens with zero attached hydrogens (tertiary/aromatic N) is 4. The van der Waals surface area contributed by atoms with Crippen LogP contribution in [-0.4, -0.2) is 15.8 Å². The summed E-state index contributed by atoms with van der Waals surface area (Å²) < 4.78 is 19.1. The third kappa shape index (κ3) is 8.73. The zero-order valence-electron chi connectivity index (χ0n) is 55.9. The molecule has 474 valence electrons. The highest BCUT2D eigenvalue weighted by molar-refractivity contribution is 7.00. The largest absolute Gasteiger partial charge is 0.456 e. The normalized spacial score (nSPS) is 12.8. The van der Waals surface area contributed by atoms with Gasteiger partial charge in [0.2, 0.25) is 0 Å². The molecule has 2 aliphatic heterocycles. The summed E-state index contributed by atoms with van der Waals surface area (Å²) in [5.41, 5.74) is 30.3. The number of hydrogen-bond acceptors (Lipinski definition) is 4. The fourth-order valence-corrected chi connectivity index (χ4v) is 16.9. The van der Waals surface area contributed by atoms with E-state index in [1.165, 1.54) is 65.8 Å². The number of benzene rings is 15. The summed E-state index contributed by atoms with van der Waals surface area (Å²) >= 11 is 0. The Morgan fingerprint density at radius 2 is 0.634 bits per heavy atom. The van der Waals surface area contributed by atoms with Crippen LogP contribution < -0.4 is 26.2 Å². The van der Waals surface area contributed by atoms with E-state index in [0.717, 1.165) is 134 Å². The Bertz CT molecular complexity index is 6240. The van der Waals surface area contributed by atoms with Gasteiger partial charge in [-0.15, -0.1) is 0 Å². The molecule has 2 aliphatic rings. The second-order valence-electron chi connectivity index (χ2n) is 28.3. The molecule has 7 heteroatoms. The number of fused-ring (bicyclic) bond motifs is 16. The molecule has 6 heterocycles. The molecule has 0 unspecified atom stereocenters. The Balaban J connectivity index is 0.887. The van der Waals surface area contributed by atoms with Gasteiger partial charge in [-0.05, 0) is 181 Å². The zero-order chi connectivity index (χ0) is 66.8. The molecule has 4 aromatic heterocycles. The third-order valence-corrected chi connectivity index (χ3v) is 21.6. The highest BCUT2D eigenvalue weighted by Gasteiger charge is 2.45. The first-order chi connectivity index (χ1) is 49.7. The Morgan fingerprint density at radius 3 is 1.05 bits per heavy atom. The molecule has 6 nitrogen and oxygen atoms in total. The van der Waals surface area contributed by atoms with Gasteiger partial charge in [0.05, 0.1) is 44.2 Å². The summed E-state index contributed by atoms with van der Waals surface area (Å²) in [7, 11) is 0. The van der Waals surface area contributed by atoms with E-state index in [4.69, 9.17) is 8.83 Å². The van der Waals surface area contributed by atoms with Gasteiger partial charge in [0.15, 0.2) is 0 Å². The minimum atomic E-state index is -0.320. The monoisotopic (exact) mass is 1290 g/mol. The van der Waals surface area contributed by atoms with E-state index in [1.54, 1.807) is 0 Å². The second kappa shape index (κ2) is 21.8. The zero-order valence-corrected chi connectivity index (χ0v) is 55.9. The van der Waals surface area contributed by atoms with E-state index in [2.05, 4.69) is 367 Å². The van der Waals surface area contributed by atoms with Gasteiger partial charge in [-0.1, -0.05) is 239 Å². The lowest BCUT2D eigenvalue weighted by Crippen LogP contribution is -2.61. The van der Waals surface area contributed by atoms with Gasteiger partial charge in [0.25, 0.3) is 6.71 Å². The first kappa shape index (κ1) is 57.3. The standard InChI is InChI=1S/C94H63BN4O2/c1-94(2,3)66-54-85-93-86(55-66)99(80-35-21-37-90-92(80)74-51-63(41-49-88(74)101-90)59-24-10-5-11-25-59)84-57-68(97-78-33-19-17-31-70(78)72-45-39-65(53-82(72)97)61-28-14-7-15-29-61)43-47-76(84)95(93)75-46-42-67(96-77-32-18-16-30-69(77)71-44-38-64(52-81(71)96)60-26-12-6-13-27-60)56-83(75)98(85)79-34-20-36-89-91(79)73-50-62(40-48-87(73)100-89)58-22-8-4-9-23-58/h4-57H,1-3H3. The average molecular weight is 1290 g/mol. The maximum Gasteiger partial charge on any atom is 0.252 e. The van der Waals surface area contributed by atoms with Crippen LogP contribution in [-0.2, 0) is 5.41 Å². The molecule has 0 spiro atoms. The maximum atomic E-state index is 7.03. The lowest BCUT2D eigenvalue weighted by atomic mass is 9.33. The molecule has 0 saturated heterocycles. The van der Waals surface area contributed by atoms with Gasteiger partial charge in [-0.2, -0.15) is 0 Å². The van der Waals surface area contributed by atoms with Gasteiger partial charge < -0.3 is 27.8 Å². The first-order valence-electron chi connectivity index (χ1n) is 35.0. The number of furan rings is 2. The van der Waals surface area contributed by atoms with Gasteiger partial charge >= 0.3 is 0 Å². The molecule has 0 radical (unpaired) electrons. The van der Waals surface area contributed by atoms with E-state index in [1.807, 2.05) is 0 Å². The molecule has 0 atom stereocenters. The van der Waals surface area contributed by atoms with Gasteiger partial charge in [0.1, 0.15) is 22.3 Å². The molecule has 0 amide bonds. The molecule has 0 fully saturated rings. The maximum absolute atomic E-state index is 7.03. The number of hydrogen-bond donors (Lipinski definition) is 0. The third-order valence-electron chi connectivity index (χ3n) is 21.6. The molecule has 0 aliphatic carbocycles. The van der Waals surface area contributed by atoms with Crippen molar-refractivity contribution >= 4 is 145 Å². The fourth-order valence-electron chi connectivity index (χ4n) is 16.9. The number of rotatable bonds is 8. The predicted molar refractivity (Wildman–Crippen MR) is 424 cm³/mol. The molecule has 15 aromatic carbocycles. The van der Waals surface area contributed by atoms with Crippen molar-refractivity contribution < 1.29 is 8.83 Å². The van der Waals surface area contributed by atoms with Crippen molar-refractivity contribution in [1.82, 2.24) is 9.13 Å². The smallest absolute Gasteiger partial charge is 0.252 e. The summed E-state index contributed by atoms with van der Waals surface area (Å²) in [4.78, 5) is 5.22. The molecule has 0 bridgehead atoms. The second-order valence-corrected chi connectivity index (χ2v) is 28.3. The Labute approximate surface area is 584 Å².